The molecule has 0 radical (unpaired) electrons. The van der Waals surface area contributed by atoms with Crippen LogP contribution in [0, 0.1) is 5.92 Å². The topological polar surface area (TPSA) is 108 Å². The Bertz CT molecular complexity index is 1320. The summed E-state index contributed by atoms with van der Waals surface area (Å²) in [6.07, 6.45) is 0. The van der Waals surface area contributed by atoms with Gasteiger partial charge in [-0.3, -0.25) is 15.0 Å². The molecule has 0 unspecified atom stereocenters. The Morgan fingerprint density at radius 3 is 2.57 bits per heavy atom. The lowest BCUT2D eigenvalue weighted by Gasteiger charge is -2.17. The van der Waals surface area contributed by atoms with E-state index < -0.39 is 0 Å². The van der Waals surface area contributed by atoms with E-state index in [4.69, 9.17) is 20.3 Å². The number of carbonyl (C=O) groups is 2. The number of anilines is 1. The molecule has 2 aromatic rings. The van der Waals surface area contributed by atoms with Gasteiger partial charge in [-0.1, -0.05) is 19.9 Å². The van der Waals surface area contributed by atoms with Gasteiger partial charge in [-0.05, 0) is 30.3 Å². The molecular weight excluding hydrogens is 380 g/mol. The molecule has 30 heavy (non-hydrogen) atoms. The standard InChI is InChI=1S/C24H20N2O4/c1-13(2)24(28)14-3-6-17(20(9-14)29-12-27)23-18-7-4-15(25)10-21(18)30-22-11-16(26)5-8-19(22)23/h3-13,25H,26H2,1-2H3/p+1. The Kier molecular flexibility index (Phi) is 4.83. The minimum atomic E-state index is -0.178. The number of ether oxygens (including phenoxy) is 1. The van der Waals surface area contributed by atoms with Gasteiger partial charge in [0, 0.05) is 51.4 Å². The second-order valence-corrected chi connectivity index (χ2v) is 7.43. The molecule has 4 rings (SSSR count). The second kappa shape index (κ2) is 7.48. The minimum absolute atomic E-state index is 0.0318. The molecule has 1 aliphatic heterocycles. The third kappa shape index (κ3) is 3.33. The van der Waals surface area contributed by atoms with Crippen molar-refractivity contribution < 1.29 is 24.2 Å². The summed E-state index contributed by atoms with van der Waals surface area (Å²) in [4.78, 5) is 23.7. The van der Waals surface area contributed by atoms with Crippen LogP contribution in [0.5, 0.6) is 5.75 Å². The first kappa shape index (κ1) is 19.4. The van der Waals surface area contributed by atoms with Gasteiger partial charge in [0.2, 0.25) is 0 Å². The van der Waals surface area contributed by atoms with E-state index in [9.17, 15) is 9.59 Å². The van der Waals surface area contributed by atoms with Crippen LogP contribution in [0.2, 0.25) is 0 Å². The zero-order valence-electron chi connectivity index (χ0n) is 16.6. The van der Waals surface area contributed by atoms with Crippen LogP contribution in [-0.2, 0) is 4.79 Å². The summed E-state index contributed by atoms with van der Waals surface area (Å²) in [5.74, 6) is 0.653. The number of benzene rings is 3. The summed E-state index contributed by atoms with van der Waals surface area (Å²) >= 11 is 0. The van der Waals surface area contributed by atoms with Crippen molar-refractivity contribution >= 4 is 28.9 Å². The fourth-order valence-electron chi connectivity index (χ4n) is 3.58. The summed E-state index contributed by atoms with van der Waals surface area (Å²) < 4.78 is 11.3. The lowest BCUT2D eigenvalue weighted by molar-refractivity contribution is -0.172. The Hall–Kier alpha value is -3.93. The average Bonchev–Trinajstić information content (AvgIpc) is 2.71. The minimum Gasteiger partial charge on any atom is -0.456 e. The molecule has 0 atom stereocenters. The first-order valence-electron chi connectivity index (χ1n) is 9.52. The van der Waals surface area contributed by atoms with E-state index in [2.05, 4.69) is 0 Å². The number of ketones is 1. The van der Waals surface area contributed by atoms with E-state index in [1.54, 1.807) is 42.5 Å². The van der Waals surface area contributed by atoms with E-state index >= 15 is 0 Å². The first-order valence-corrected chi connectivity index (χ1v) is 9.52. The number of rotatable bonds is 5. The van der Waals surface area contributed by atoms with Crippen LogP contribution in [0.15, 0.2) is 59.0 Å². The highest BCUT2D eigenvalue weighted by Crippen LogP contribution is 2.43. The van der Waals surface area contributed by atoms with Crippen molar-refractivity contribution in [3.05, 3.63) is 65.5 Å². The van der Waals surface area contributed by atoms with Gasteiger partial charge in [0.25, 0.3) is 6.47 Å². The predicted molar refractivity (Wildman–Crippen MR) is 114 cm³/mol. The zero-order valence-corrected chi connectivity index (χ0v) is 16.6. The molecule has 0 bridgehead atoms. The van der Waals surface area contributed by atoms with E-state index in [-0.39, 0.29) is 11.7 Å². The van der Waals surface area contributed by atoms with Gasteiger partial charge >= 0.3 is 0 Å². The van der Waals surface area contributed by atoms with Gasteiger partial charge in [-0.15, -0.1) is 0 Å². The van der Waals surface area contributed by atoms with E-state index in [0.717, 1.165) is 16.5 Å². The van der Waals surface area contributed by atoms with Crippen LogP contribution in [0.3, 0.4) is 0 Å². The number of hydrogen-bond donors (Lipinski definition) is 2. The van der Waals surface area contributed by atoms with Crippen molar-refractivity contribution in [1.82, 2.24) is 0 Å². The maximum Gasteiger partial charge on any atom is 0.298 e. The van der Waals surface area contributed by atoms with Crippen molar-refractivity contribution in [3.63, 3.8) is 0 Å². The number of nitrogen functional groups attached to an aromatic ring is 1. The van der Waals surface area contributed by atoms with Crippen LogP contribution >= 0.6 is 0 Å². The first-order chi connectivity index (χ1) is 14.4. The Morgan fingerprint density at radius 1 is 1.07 bits per heavy atom. The molecule has 0 fully saturated rings. The summed E-state index contributed by atoms with van der Waals surface area (Å²) in [7, 11) is 0. The van der Waals surface area contributed by atoms with E-state index in [0.29, 0.717) is 45.7 Å². The zero-order chi connectivity index (χ0) is 21.4. The van der Waals surface area contributed by atoms with Crippen LogP contribution in [-0.4, -0.2) is 12.3 Å². The predicted octanol–water partition coefficient (Wildman–Crippen LogP) is 2.82. The molecule has 0 amide bonds. The number of nitrogens with two attached hydrogens (primary N) is 2. The number of Topliss-reactive ketones (excluding diaryl/α,β-unsaturated/α-hetero) is 1. The third-order valence-corrected chi connectivity index (χ3v) is 5.00. The van der Waals surface area contributed by atoms with E-state index in [1.807, 2.05) is 26.0 Å². The van der Waals surface area contributed by atoms with Gasteiger partial charge < -0.3 is 14.9 Å². The maximum atomic E-state index is 12.5. The Balaban J connectivity index is 2.08. The molecule has 6 heteroatoms. The summed E-state index contributed by atoms with van der Waals surface area (Å²) in [5, 5.41) is 7.30. The van der Waals surface area contributed by atoms with Crippen LogP contribution < -0.4 is 21.2 Å². The van der Waals surface area contributed by atoms with Gasteiger partial charge in [0.05, 0.1) is 6.07 Å². The smallest absolute Gasteiger partial charge is 0.298 e. The molecule has 1 aliphatic carbocycles. The largest absolute Gasteiger partial charge is 0.456 e. The van der Waals surface area contributed by atoms with Gasteiger partial charge in [0.15, 0.2) is 11.1 Å². The van der Waals surface area contributed by atoms with Crippen molar-refractivity contribution in [3.8, 4) is 28.2 Å². The van der Waals surface area contributed by atoms with Gasteiger partial charge in [-0.2, -0.15) is 0 Å². The molecule has 4 N–H and O–H groups in total. The highest BCUT2D eigenvalue weighted by Gasteiger charge is 2.22. The Labute approximate surface area is 172 Å². The van der Waals surface area contributed by atoms with Crippen molar-refractivity contribution in [1.29, 1.82) is 0 Å². The SMILES string of the molecule is CC(C)C(=O)c1ccc(-c2c3ccc(=[NH2+])cc-3oc3cc(N)ccc23)c(OC=O)c1. The number of hydrogen-bond acceptors (Lipinski definition) is 5. The van der Waals surface area contributed by atoms with Crippen molar-refractivity contribution in [2.24, 2.45) is 5.92 Å². The fraction of sp³-hybridized carbons (Fsp3) is 0.125. The average molecular weight is 401 g/mol. The van der Waals surface area contributed by atoms with Gasteiger partial charge in [0.1, 0.15) is 17.1 Å². The Morgan fingerprint density at radius 2 is 1.83 bits per heavy atom. The lowest BCUT2D eigenvalue weighted by atomic mass is 9.91. The van der Waals surface area contributed by atoms with Crippen molar-refractivity contribution in [2.45, 2.75) is 13.8 Å². The molecule has 2 aliphatic rings. The van der Waals surface area contributed by atoms with Gasteiger partial charge in [-0.25, -0.2) is 0 Å². The van der Waals surface area contributed by atoms with Crippen LogP contribution in [0.25, 0.3) is 33.4 Å². The summed E-state index contributed by atoms with van der Waals surface area (Å²) in [5.41, 5.74) is 9.81. The highest BCUT2D eigenvalue weighted by molar-refractivity contribution is 6.05. The molecule has 2 aromatic carbocycles. The highest BCUT2D eigenvalue weighted by atomic mass is 16.5. The normalized spacial score (nSPS) is 11.2. The monoisotopic (exact) mass is 401 g/mol. The maximum absolute atomic E-state index is 12.5. The molecule has 0 saturated carbocycles. The summed E-state index contributed by atoms with van der Waals surface area (Å²) in [6.45, 7) is 4.01. The molecule has 6 nitrogen and oxygen atoms in total. The lowest BCUT2D eigenvalue weighted by Crippen LogP contribution is -2.44. The van der Waals surface area contributed by atoms with Crippen molar-refractivity contribution in [2.75, 3.05) is 5.73 Å². The summed E-state index contributed by atoms with van der Waals surface area (Å²) in [6, 6.07) is 15.9. The molecular formula is C24H21N2O4+. The molecule has 0 saturated heterocycles. The van der Waals surface area contributed by atoms with E-state index in [1.165, 1.54) is 0 Å². The number of fused-ring (bicyclic) bond motifs is 2. The van der Waals surface area contributed by atoms with Crippen LogP contribution in [0.1, 0.15) is 24.2 Å². The quantitative estimate of drug-likeness (QED) is 0.231. The fourth-order valence-corrected chi connectivity index (χ4v) is 3.58. The molecule has 0 spiro atoms. The molecule has 150 valence electrons. The molecule has 0 aromatic heterocycles. The second-order valence-electron chi connectivity index (χ2n) is 7.43. The van der Waals surface area contributed by atoms with Crippen LogP contribution in [0.4, 0.5) is 5.69 Å². The number of carbonyl (C=O) groups excluding carboxylic acids is 2. The third-order valence-electron chi connectivity index (χ3n) is 5.00. The molecule has 1 heterocycles.